The number of carbonyl (C=O) groups is 1. The second-order valence-electron chi connectivity index (χ2n) is 5.18. The molecular formula is C18H17N3O. The van der Waals surface area contributed by atoms with Crippen LogP contribution in [-0.4, -0.2) is 22.4 Å². The van der Waals surface area contributed by atoms with Gasteiger partial charge in [-0.05, 0) is 36.8 Å². The Labute approximate surface area is 128 Å². The number of carbonyl (C=O) groups excluding carboxylic acids is 1. The molecule has 0 bridgehead atoms. The van der Waals surface area contributed by atoms with E-state index in [-0.39, 0.29) is 5.91 Å². The second-order valence-corrected chi connectivity index (χ2v) is 5.18. The third-order valence-electron chi connectivity index (χ3n) is 3.46. The molecule has 3 aromatic rings. The molecule has 0 atom stereocenters. The number of hydrogen-bond acceptors (Lipinski definition) is 2. The standard InChI is InChI=1S/C18H17N3O/c1-3-10-19-18(22)14-7-5-13(6-8-14)17-20-15-9-4-12(2)11-16(15)21-17/h3-9,11H,1,10H2,2H3,(H,19,22)(H,20,21). The third-order valence-corrected chi connectivity index (χ3v) is 3.46. The van der Waals surface area contributed by atoms with Crippen LogP contribution >= 0.6 is 0 Å². The van der Waals surface area contributed by atoms with Crippen molar-refractivity contribution in [3.8, 4) is 11.4 Å². The number of benzene rings is 2. The van der Waals surface area contributed by atoms with Gasteiger partial charge in [-0.25, -0.2) is 4.98 Å². The average molecular weight is 291 g/mol. The van der Waals surface area contributed by atoms with Crippen LogP contribution in [0, 0.1) is 6.92 Å². The van der Waals surface area contributed by atoms with Crippen molar-refractivity contribution in [1.29, 1.82) is 0 Å². The summed E-state index contributed by atoms with van der Waals surface area (Å²) in [7, 11) is 0. The number of rotatable bonds is 4. The lowest BCUT2D eigenvalue weighted by atomic mass is 10.1. The van der Waals surface area contributed by atoms with Gasteiger partial charge in [-0.2, -0.15) is 0 Å². The minimum Gasteiger partial charge on any atom is -0.349 e. The average Bonchev–Trinajstić information content (AvgIpc) is 2.95. The number of nitrogens with one attached hydrogen (secondary N) is 2. The highest BCUT2D eigenvalue weighted by molar-refractivity contribution is 5.94. The highest BCUT2D eigenvalue weighted by atomic mass is 16.1. The molecule has 1 amide bonds. The van der Waals surface area contributed by atoms with Gasteiger partial charge in [0.15, 0.2) is 0 Å². The molecule has 0 aliphatic heterocycles. The highest BCUT2D eigenvalue weighted by Gasteiger charge is 2.08. The Kier molecular flexibility index (Phi) is 3.74. The molecule has 22 heavy (non-hydrogen) atoms. The number of nitrogens with zero attached hydrogens (tertiary/aromatic N) is 1. The second kappa shape index (κ2) is 5.85. The number of hydrogen-bond donors (Lipinski definition) is 2. The number of aromatic nitrogens is 2. The molecule has 0 aliphatic rings. The molecule has 2 N–H and O–H groups in total. The van der Waals surface area contributed by atoms with Crippen LogP contribution in [0.15, 0.2) is 55.1 Å². The molecule has 0 saturated carbocycles. The Balaban J connectivity index is 1.87. The van der Waals surface area contributed by atoms with Gasteiger partial charge in [0.25, 0.3) is 5.91 Å². The minimum atomic E-state index is -0.105. The van der Waals surface area contributed by atoms with E-state index in [4.69, 9.17) is 0 Å². The minimum absolute atomic E-state index is 0.105. The van der Waals surface area contributed by atoms with E-state index in [1.54, 1.807) is 18.2 Å². The Morgan fingerprint density at radius 3 is 2.77 bits per heavy atom. The third kappa shape index (κ3) is 2.76. The summed E-state index contributed by atoms with van der Waals surface area (Å²) >= 11 is 0. The molecule has 4 nitrogen and oxygen atoms in total. The zero-order valence-corrected chi connectivity index (χ0v) is 12.4. The fourth-order valence-electron chi connectivity index (χ4n) is 2.31. The van der Waals surface area contributed by atoms with Crippen LogP contribution < -0.4 is 5.32 Å². The van der Waals surface area contributed by atoms with Crippen molar-refractivity contribution in [2.45, 2.75) is 6.92 Å². The molecule has 1 aromatic heterocycles. The first-order valence-corrected chi connectivity index (χ1v) is 7.13. The molecule has 0 aliphatic carbocycles. The van der Waals surface area contributed by atoms with E-state index < -0.39 is 0 Å². The summed E-state index contributed by atoms with van der Waals surface area (Å²) < 4.78 is 0. The van der Waals surface area contributed by atoms with Gasteiger partial charge in [0.2, 0.25) is 0 Å². The number of imidazole rings is 1. The van der Waals surface area contributed by atoms with Gasteiger partial charge in [-0.1, -0.05) is 24.3 Å². The van der Waals surface area contributed by atoms with E-state index in [0.29, 0.717) is 12.1 Å². The molecule has 0 spiro atoms. The lowest BCUT2D eigenvalue weighted by Crippen LogP contribution is -2.22. The molecular weight excluding hydrogens is 274 g/mol. The van der Waals surface area contributed by atoms with Gasteiger partial charge in [0.05, 0.1) is 11.0 Å². The maximum Gasteiger partial charge on any atom is 0.251 e. The Bertz CT molecular complexity index is 831. The van der Waals surface area contributed by atoms with Crippen molar-refractivity contribution in [2.24, 2.45) is 0 Å². The van der Waals surface area contributed by atoms with Gasteiger partial charge in [0, 0.05) is 17.7 Å². The smallest absolute Gasteiger partial charge is 0.251 e. The largest absolute Gasteiger partial charge is 0.349 e. The van der Waals surface area contributed by atoms with Crippen LogP contribution in [0.2, 0.25) is 0 Å². The van der Waals surface area contributed by atoms with Gasteiger partial charge in [-0.15, -0.1) is 6.58 Å². The number of aromatic amines is 1. The van der Waals surface area contributed by atoms with Crippen molar-refractivity contribution in [1.82, 2.24) is 15.3 Å². The van der Waals surface area contributed by atoms with Crippen LogP contribution in [-0.2, 0) is 0 Å². The highest BCUT2D eigenvalue weighted by Crippen LogP contribution is 2.21. The zero-order valence-electron chi connectivity index (χ0n) is 12.4. The summed E-state index contributed by atoms with van der Waals surface area (Å²) in [4.78, 5) is 19.7. The monoisotopic (exact) mass is 291 g/mol. The van der Waals surface area contributed by atoms with E-state index in [9.17, 15) is 4.79 Å². The summed E-state index contributed by atoms with van der Waals surface area (Å²) in [6, 6.07) is 13.5. The molecule has 1 heterocycles. The van der Waals surface area contributed by atoms with E-state index >= 15 is 0 Å². The van der Waals surface area contributed by atoms with Crippen LogP contribution in [0.5, 0.6) is 0 Å². The normalized spacial score (nSPS) is 10.6. The first kappa shape index (κ1) is 14.1. The van der Waals surface area contributed by atoms with E-state index in [1.807, 2.05) is 24.3 Å². The lowest BCUT2D eigenvalue weighted by Gasteiger charge is -2.03. The Hall–Kier alpha value is -2.88. The van der Waals surface area contributed by atoms with Crippen molar-refractivity contribution >= 4 is 16.9 Å². The molecule has 2 aromatic carbocycles. The number of amides is 1. The summed E-state index contributed by atoms with van der Waals surface area (Å²) in [6.45, 7) is 6.09. The van der Waals surface area contributed by atoms with Gasteiger partial charge >= 0.3 is 0 Å². The first-order chi connectivity index (χ1) is 10.7. The van der Waals surface area contributed by atoms with Crippen molar-refractivity contribution < 1.29 is 4.79 Å². The fraction of sp³-hybridized carbons (Fsp3) is 0.111. The maximum absolute atomic E-state index is 11.8. The van der Waals surface area contributed by atoms with Crippen LogP contribution in [0.1, 0.15) is 15.9 Å². The van der Waals surface area contributed by atoms with Gasteiger partial charge in [0.1, 0.15) is 5.82 Å². The Morgan fingerprint density at radius 2 is 2.05 bits per heavy atom. The van der Waals surface area contributed by atoms with Crippen LogP contribution in [0.25, 0.3) is 22.4 Å². The molecule has 0 unspecified atom stereocenters. The number of aryl methyl sites for hydroxylation is 1. The molecule has 0 radical (unpaired) electrons. The van der Waals surface area contributed by atoms with Gasteiger partial charge in [-0.3, -0.25) is 4.79 Å². The summed E-state index contributed by atoms with van der Waals surface area (Å²) in [5, 5.41) is 2.76. The topological polar surface area (TPSA) is 57.8 Å². The maximum atomic E-state index is 11.8. The van der Waals surface area contributed by atoms with Crippen LogP contribution in [0.3, 0.4) is 0 Å². The van der Waals surface area contributed by atoms with Crippen molar-refractivity contribution in [2.75, 3.05) is 6.54 Å². The summed E-state index contributed by atoms with van der Waals surface area (Å²) in [5.74, 6) is 0.699. The predicted molar refractivity (Wildman–Crippen MR) is 88.8 cm³/mol. The van der Waals surface area contributed by atoms with Gasteiger partial charge < -0.3 is 10.3 Å². The van der Waals surface area contributed by atoms with E-state index in [2.05, 4.69) is 34.9 Å². The molecule has 0 saturated heterocycles. The van der Waals surface area contributed by atoms with E-state index in [0.717, 1.165) is 22.4 Å². The van der Waals surface area contributed by atoms with Crippen molar-refractivity contribution in [3.05, 3.63) is 66.2 Å². The van der Waals surface area contributed by atoms with Crippen LogP contribution in [0.4, 0.5) is 0 Å². The lowest BCUT2D eigenvalue weighted by molar-refractivity contribution is 0.0958. The molecule has 0 fully saturated rings. The first-order valence-electron chi connectivity index (χ1n) is 7.13. The quantitative estimate of drug-likeness (QED) is 0.723. The summed E-state index contributed by atoms with van der Waals surface area (Å²) in [5.41, 5.74) is 4.72. The molecule has 4 heteroatoms. The summed E-state index contributed by atoms with van der Waals surface area (Å²) in [6.07, 6.45) is 1.66. The fourth-order valence-corrected chi connectivity index (χ4v) is 2.31. The van der Waals surface area contributed by atoms with Crippen molar-refractivity contribution in [3.63, 3.8) is 0 Å². The molecule has 3 rings (SSSR count). The Morgan fingerprint density at radius 1 is 1.27 bits per heavy atom. The zero-order chi connectivity index (χ0) is 15.5. The van der Waals surface area contributed by atoms with E-state index in [1.165, 1.54) is 5.56 Å². The number of fused-ring (bicyclic) bond motifs is 1. The SMILES string of the molecule is C=CCNC(=O)c1ccc(-c2nc3ccc(C)cc3[nH]2)cc1. The molecule has 110 valence electrons. The predicted octanol–water partition coefficient (Wildman–Crippen LogP) is 3.45. The number of H-pyrrole nitrogens is 1.